The topological polar surface area (TPSA) is 92.6 Å². The van der Waals surface area contributed by atoms with Gasteiger partial charge < -0.3 is 5.32 Å². The number of rotatable bonds is 7. The Labute approximate surface area is 177 Å². The first-order chi connectivity index (χ1) is 14.5. The minimum absolute atomic E-state index is 0.0205. The molecule has 2 aromatic heterocycles. The molecule has 2 aromatic carbocycles. The first kappa shape index (κ1) is 20.0. The summed E-state index contributed by atoms with van der Waals surface area (Å²) in [6.07, 6.45) is 5.35. The zero-order valence-electron chi connectivity index (χ0n) is 15.8. The molecule has 0 aliphatic rings. The molecule has 0 spiro atoms. The summed E-state index contributed by atoms with van der Waals surface area (Å²) >= 11 is 1.56. The summed E-state index contributed by atoms with van der Waals surface area (Å²) in [5.41, 5.74) is 2.63. The zero-order chi connectivity index (χ0) is 21.1. The Kier molecular flexibility index (Phi) is 5.49. The molecular formula is C21H18N4O3S2. The van der Waals surface area contributed by atoms with E-state index in [1.807, 2.05) is 34.3 Å². The van der Waals surface area contributed by atoms with Crippen LogP contribution in [-0.2, 0) is 10.0 Å². The number of imidazole rings is 1. The first-order valence-corrected chi connectivity index (χ1v) is 11.4. The number of aromatic nitrogens is 2. The molecule has 0 saturated heterocycles. The highest BCUT2D eigenvalue weighted by molar-refractivity contribution is 7.89. The molecule has 0 atom stereocenters. The lowest BCUT2D eigenvalue weighted by atomic mass is 10.1. The maximum atomic E-state index is 12.6. The molecule has 0 aliphatic heterocycles. The Morgan fingerprint density at radius 2 is 2.00 bits per heavy atom. The van der Waals surface area contributed by atoms with Gasteiger partial charge >= 0.3 is 0 Å². The Morgan fingerprint density at radius 3 is 2.73 bits per heavy atom. The molecule has 0 saturated carbocycles. The summed E-state index contributed by atoms with van der Waals surface area (Å²) in [6, 6.07) is 13.2. The van der Waals surface area contributed by atoms with E-state index in [1.165, 1.54) is 24.3 Å². The molecule has 0 bridgehead atoms. The third-order valence-corrected chi connectivity index (χ3v) is 6.55. The summed E-state index contributed by atoms with van der Waals surface area (Å²) < 4.78 is 28.8. The second-order valence-electron chi connectivity index (χ2n) is 6.42. The Hall–Kier alpha value is -3.27. The molecule has 0 radical (unpaired) electrons. The van der Waals surface area contributed by atoms with E-state index in [0.717, 1.165) is 16.2 Å². The van der Waals surface area contributed by atoms with Crippen molar-refractivity contribution in [2.24, 2.45) is 0 Å². The quantitative estimate of drug-likeness (QED) is 0.430. The Bertz CT molecular complexity index is 1290. The van der Waals surface area contributed by atoms with Crippen molar-refractivity contribution in [3.05, 3.63) is 84.5 Å². The number of thiazole rings is 1. The lowest BCUT2D eigenvalue weighted by Gasteiger charge is -2.08. The van der Waals surface area contributed by atoms with E-state index in [-0.39, 0.29) is 17.0 Å². The number of carbonyl (C=O) groups excluding carboxylic acids is 1. The van der Waals surface area contributed by atoms with Crippen LogP contribution in [0.15, 0.2) is 83.9 Å². The summed E-state index contributed by atoms with van der Waals surface area (Å²) in [7, 11) is -3.70. The molecule has 2 heterocycles. The number of anilines is 1. The number of fused-ring (bicyclic) bond motifs is 1. The van der Waals surface area contributed by atoms with E-state index in [0.29, 0.717) is 5.69 Å². The van der Waals surface area contributed by atoms with Crippen LogP contribution in [0.2, 0.25) is 0 Å². The second kappa shape index (κ2) is 8.23. The van der Waals surface area contributed by atoms with E-state index in [4.69, 9.17) is 0 Å². The monoisotopic (exact) mass is 438 g/mol. The standard InChI is InChI=1S/C21H18N4O3S2/c1-2-10-22-30(27,28)18-5-3-4-16(13-18)20(26)23-17-8-6-15(7-9-17)19-14-25-11-12-29-21(25)24-19/h2-9,11-14,22H,1,10H2,(H,23,26). The molecule has 1 amide bonds. The minimum atomic E-state index is -3.70. The molecule has 2 N–H and O–H groups in total. The van der Waals surface area contributed by atoms with E-state index >= 15 is 0 Å². The predicted octanol–water partition coefficient (Wildman–Crippen LogP) is 3.78. The Morgan fingerprint density at radius 1 is 1.20 bits per heavy atom. The minimum Gasteiger partial charge on any atom is -0.322 e. The summed E-state index contributed by atoms with van der Waals surface area (Å²) in [4.78, 5) is 18.1. The lowest BCUT2D eigenvalue weighted by molar-refractivity contribution is 0.102. The average molecular weight is 439 g/mol. The van der Waals surface area contributed by atoms with Crippen LogP contribution in [0.25, 0.3) is 16.2 Å². The first-order valence-electron chi connectivity index (χ1n) is 9.01. The van der Waals surface area contributed by atoms with Crippen molar-refractivity contribution >= 4 is 37.9 Å². The van der Waals surface area contributed by atoms with Gasteiger partial charge in [0.15, 0.2) is 4.96 Å². The van der Waals surface area contributed by atoms with Crippen molar-refractivity contribution in [1.82, 2.24) is 14.1 Å². The third kappa shape index (κ3) is 4.18. The molecule has 152 valence electrons. The molecule has 9 heteroatoms. The molecule has 30 heavy (non-hydrogen) atoms. The number of carbonyl (C=O) groups is 1. The van der Waals surface area contributed by atoms with Crippen molar-refractivity contribution in [2.45, 2.75) is 4.90 Å². The number of nitrogens with zero attached hydrogens (tertiary/aromatic N) is 2. The lowest BCUT2D eigenvalue weighted by Crippen LogP contribution is -2.24. The van der Waals surface area contributed by atoms with Crippen molar-refractivity contribution in [1.29, 1.82) is 0 Å². The molecular weight excluding hydrogens is 420 g/mol. The van der Waals surface area contributed by atoms with Gasteiger partial charge in [0.1, 0.15) is 0 Å². The average Bonchev–Trinajstić information content (AvgIpc) is 3.35. The number of hydrogen-bond donors (Lipinski definition) is 2. The summed E-state index contributed by atoms with van der Waals surface area (Å²) in [6.45, 7) is 3.60. The largest absolute Gasteiger partial charge is 0.322 e. The molecule has 4 aromatic rings. The van der Waals surface area contributed by atoms with E-state index in [9.17, 15) is 13.2 Å². The van der Waals surface area contributed by atoms with E-state index in [2.05, 4.69) is 21.6 Å². The van der Waals surface area contributed by atoms with Crippen LogP contribution in [0.5, 0.6) is 0 Å². The number of sulfonamides is 1. The predicted molar refractivity (Wildman–Crippen MR) is 118 cm³/mol. The third-order valence-electron chi connectivity index (χ3n) is 4.36. The fraction of sp³-hybridized carbons (Fsp3) is 0.0476. The number of nitrogens with one attached hydrogen (secondary N) is 2. The van der Waals surface area contributed by atoms with Gasteiger partial charge in [0.2, 0.25) is 10.0 Å². The molecule has 0 aliphatic carbocycles. The van der Waals surface area contributed by atoms with Crippen molar-refractivity contribution in [2.75, 3.05) is 11.9 Å². The summed E-state index contributed by atoms with van der Waals surface area (Å²) in [5.74, 6) is -0.397. The molecule has 7 nitrogen and oxygen atoms in total. The summed E-state index contributed by atoms with van der Waals surface area (Å²) in [5, 5.41) is 4.76. The van der Waals surface area contributed by atoms with Crippen LogP contribution >= 0.6 is 11.3 Å². The van der Waals surface area contributed by atoms with Crippen LogP contribution in [0.3, 0.4) is 0 Å². The Balaban J connectivity index is 1.49. The molecule has 4 rings (SSSR count). The highest BCUT2D eigenvalue weighted by Crippen LogP contribution is 2.23. The van der Waals surface area contributed by atoms with Gasteiger partial charge in [-0.25, -0.2) is 18.1 Å². The van der Waals surface area contributed by atoms with Gasteiger partial charge in [-0.2, -0.15) is 0 Å². The van der Waals surface area contributed by atoms with Crippen molar-refractivity contribution in [3.8, 4) is 11.3 Å². The number of benzene rings is 2. The smallest absolute Gasteiger partial charge is 0.255 e. The number of amides is 1. The van der Waals surface area contributed by atoms with Crippen molar-refractivity contribution in [3.63, 3.8) is 0 Å². The van der Waals surface area contributed by atoms with Crippen LogP contribution in [0.4, 0.5) is 5.69 Å². The van der Waals surface area contributed by atoms with Crippen LogP contribution in [0, 0.1) is 0 Å². The van der Waals surface area contributed by atoms with E-state index in [1.54, 1.807) is 29.5 Å². The van der Waals surface area contributed by atoms with Gasteiger partial charge in [0, 0.05) is 41.1 Å². The second-order valence-corrected chi connectivity index (χ2v) is 9.06. The molecule has 0 unspecified atom stereocenters. The van der Waals surface area contributed by atoms with Gasteiger partial charge in [-0.3, -0.25) is 9.20 Å². The fourth-order valence-corrected chi connectivity index (χ4v) is 4.59. The SMILES string of the molecule is C=CCNS(=O)(=O)c1cccc(C(=O)Nc2ccc(-c3cn4ccsc4n3)cc2)c1. The maximum absolute atomic E-state index is 12.6. The van der Waals surface area contributed by atoms with Gasteiger partial charge in [-0.1, -0.05) is 24.3 Å². The highest BCUT2D eigenvalue weighted by Gasteiger charge is 2.15. The van der Waals surface area contributed by atoms with Crippen LogP contribution in [-0.4, -0.2) is 30.3 Å². The van der Waals surface area contributed by atoms with Crippen LogP contribution in [0.1, 0.15) is 10.4 Å². The van der Waals surface area contributed by atoms with Gasteiger partial charge in [-0.05, 0) is 30.3 Å². The van der Waals surface area contributed by atoms with Gasteiger partial charge in [0.05, 0.1) is 10.6 Å². The fourth-order valence-electron chi connectivity index (χ4n) is 2.85. The maximum Gasteiger partial charge on any atom is 0.255 e. The normalized spacial score (nSPS) is 11.5. The molecule has 0 fully saturated rings. The van der Waals surface area contributed by atoms with Crippen LogP contribution < -0.4 is 10.0 Å². The van der Waals surface area contributed by atoms with Crippen molar-refractivity contribution < 1.29 is 13.2 Å². The van der Waals surface area contributed by atoms with E-state index < -0.39 is 15.9 Å². The van der Waals surface area contributed by atoms with Gasteiger partial charge in [0.25, 0.3) is 5.91 Å². The highest BCUT2D eigenvalue weighted by atomic mass is 32.2. The zero-order valence-corrected chi connectivity index (χ0v) is 17.4. The van der Waals surface area contributed by atoms with Gasteiger partial charge in [-0.15, -0.1) is 17.9 Å². The number of hydrogen-bond acceptors (Lipinski definition) is 5.